The van der Waals surface area contributed by atoms with Gasteiger partial charge in [-0.15, -0.1) is 0 Å². The van der Waals surface area contributed by atoms with E-state index in [1.807, 2.05) is 0 Å². The third-order valence-corrected chi connectivity index (χ3v) is 1.72. The molecule has 0 aromatic carbocycles. The monoisotopic (exact) mass is 150 g/mol. The molecule has 4 heteroatoms. The van der Waals surface area contributed by atoms with Gasteiger partial charge in [0.25, 0.3) is 0 Å². The summed E-state index contributed by atoms with van der Waals surface area (Å²) in [6.45, 7) is 1.47. The summed E-state index contributed by atoms with van der Waals surface area (Å²) in [6, 6.07) is 0. The Morgan fingerprint density at radius 3 is 2.56 bits per heavy atom. The molecule has 0 heterocycles. The number of carbonyl (C=O) groups is 1. The van der Waals surface area contributed by atoms with Gasteiger partial charge in [-0.1, -0.05) is 0 Å². The summed E-state index contributed by atoms with van der Waals surface area (Å²) in [7, 11) is 1.36. The van der Waals surface area contributed by atoms with E-state index in [1.54, 1.807) is 0 Å². The van der Waals surface area contributed by atoms with E-state index < -0.39 is 11.1 Å². The molecule has 0 saturated carbocycles. The van der Waals surface area contributed by atoms with Crippen molar-refractivity contribution in [2.24, 2.45) is 0 Å². The number of rotatable bonds is 4. The van der Waals surface area contributed by atoms with Crippen molar-refractivity contribution < 1.29 is 13.2 Å². The largest absolute Gasteiger partial charge is 0.300 e. The molecule has 0 rings (SSSR count). The first-order chi connectivity index (χ1) is 4.16. The molecule has 0 aliphatic carbocycles. The molecule has 0 amide bonds. The predicted octanol–water partition coefficient (Wildman–Crippen LogP) is 0.276. The third-order valence-electron chi connectivity index (χ3n) is 0.807. The lowest BCUT2D eigenvalue weighted by molar-refractivity contribution is -0.116. The molecule has 0 aliphatic rings. The Kier molecular flexibility index (Phi) is 4.53. The van der Waals surface area contributed by atoms with Crippen LogP contribution in [0.15, 0.2) is 0 Å². The van der Waals surface area contributed by atoms with Crippen molar-refractivity contribution in [3.8, 4) is 0 Å². The first-order valence-corrected chi connectivity index (χ1v) is 3.83. The molecule has 0 saturated heterocycles. The van der Waals surface area contributed by atoms with E-state index in [0.717, 1.165) is 0 Å². The molecule has 0 radical (unpaired) electrons. The maximum atomic E-state index is 10.5. The normalized spacial score (nSPS) is 13.1. The van der Waals surface area contributed by atoms with Gasteiger partial charge in [0.2, 0.25) is 0 Å². The van der Waals surface area contributed by atoms with Crippen LogP contribution in [0.3, 0.4) is 0 Å². The van der Waals surface area contributed by atoms with Crippen LogP contribution in [0.5, 0.6) is 0 Å². The summed E-state index contributed by atoms with van der Waals surface area (Å²) in [5, 5.41) is 0. The van der Waals surface area contributed by atoms with E-state index in [0.29, 0.717) is 12.2 Å². The average molecular weight is 150 g/mol. The van der Waals surface area contributed by atoms with Gasteiger partial charge in [-0.3, -0.25) is 8.98 Å². The summed E-state index contributed by atoms with van der Waals surface area (Å²) < 4.78 is 14.9. The Balaban J connectivity index is 3.28. The summed E-state index contributed by atoms with van der Waals surface area (Å²) >= 11 is -1.27. The minimum atomic E-state index is -1.27. The zero-order valence-electron chi connectivity index (χ0n) is 5.55. The Morgan fingerprint density at radius 1 is 1.67 bits per heavy atom. The van der Waals surface area contributed by atoms with Crippen molar-refractivity contribution in [2.45, 2.75) is 13.3 Å². The predicted molar refractivity (Wildman–Crippen MR) is 35.3 cm³/mol. The summed E-state index contributed by atoms with van der Waals surface area (Å²) in [5.74, 6) is 0.353. The van der Waals surface area contributed by atoms with Crippen LogP contribution in [-0.2, 0) is 20.1 Å². The van der Waals surface area contributed by atoms with Crippen LogP contribution in [0.1, 0.15) is 13.3 Å². The van der Waals surface area contributed by atoms with Crippen LogP contribution >= 0.6 is 0 Å². The number of hydrogen-bond acceptors (Lipinski definition) is 3. The Morgan fingerprint density at radius 2 is 2.22 bits per heavy atom. The van der Waals surface area contributed by atoms with Gasteiger partial charge in [0.05, 0.1) is 12.9 Å². The fourth-order valence-electron chi connectivity index (χ4n) is 0.310. The van der Waals surface area contributed by atoms with E-state index >= 15 is 0 Å². The van der Waals surface area contributed by atoms with E-state index in [9.17, 15) is 9.00 Å². The highest BCUT2D eigenvalue weighted by atomic mass is 32.2. The minimum absolute atomic E-state index is 0.0420. The van der Waals surface area contributed by atoms with Crippen LogP contribution in [0.4, 0.5) is 0 Å². The number of ketones is 1. The molecule has 0 bridgehead atoms. The van der Waals surface area contributed by atoms with Crippen molar-refractivity contribution in [1.29, 1.82) is 0 Å². The number of carbonyl (C=O) groups excluding carboxylic acids is 1. The van der Waals surface area contributed by atoms with Gasteiger partial charge >= 0.3 is 0 Å². The maximum Gasteiger partial charge on any atom is 0.155 e. The van der Waals surface area contributed by atoms with Crippen LogP contribution in [0.2, 0.25) is 0 Å². The van der Waals surface area contributed by atoms with Crippen molar-refractivity contribution in [1.82, 2.24) is 0 Å². The van der Waals surface area contributed by atoms with E-state index in [-0.39, 0.29) is 5.78 Å². The van der Waals surface area contributed by atoms with E-state index in [4.69, 9.17) is 0 Å². The average Bonchev–Trinajstić information content (AvgIpc) is 1.83. The van der Waals surface area contributed by atoms with Gasteiger partial charge in [-0.2, -0.15) is 0 Å². The van der Waals surface area contributed by atoms with Crippen LogP contribution < -0.4 is 0 Å². The Bertz CT molecular complexity index is 121. The van der Waals surface area contributed by atoms with Crippen molar-refractivity contribution in [3.63, 3.8) is 0 Å². The second kappa shape index (κ2) is 4.64. The minimum Gasteiger partial charge on any atom is -0.300 e. The Hall–Kier alpha value is -0.220. The van der Waals surface area contributed by atoms with Gasteiger partial charge in [-0.25, -0.2) is 4.21 Å². The van der Waals surface area contributed by atoms with Gasteiger partial charge in [0, 0.05) is 6.42 Å². The number of hydrogen-bond donors (Lipinski definition) is 0. The van der Waals surface area contributed by atoms with Crippen LogP contribution in [-0.4, -0.2) is 22.9 Å². The zero-order valence-corrected chi connectivity index (χ0v) is 6.36. The SMILES string of the molecule is COS(=O)CCC(C)=O. The molecule has 1 atom stereocenters. The standard InChI is InChI=1S/C5H10O3S/c1-5(6)3-4-9(7)8-2/h3-4H2,1-2H3. The first-order valence-electron chi connectivity index (χ1n) is 2.59. The summed E-state index contributed by atoms with van der Waals surface area (Å²) in [4.78, 5) is 10.3. The zero-order chi connectivity index (χ0) is 7.28. The van der Waals surface area contributed by atoms with Crippen LogP contribution in [0, 0.1) is 0 Å². The molecule has 9 heavy (non-hydrogen) atoms. The summed E-state index contributed by atoms with van der Waals surface area (Å²) in [5.41, 5.74) is 0. The third kappa shape index (κ3) is 5.65. The van der Waals surface area contributed by atoms with Crippen molar-refractivity contribution in [3.05, 3.63) is 0 Å². The highest BCUT2D eigenvalue weighted by Crippen LogP contribution is 1.87. The van der Waals surface area contributed by atoms with Gasteiger partial charge in [-0.05, 0) is 6.92 Å². The van der Waals surface area contributed by atoms with E-state index in [2.05, 4.69) is 4.18 Å². The molecule has 1 unspecified atom stereocenters. The maximum absolute atomic E-state index is 10.5. The molecular formula is C5H10O3S. The molecule has 0 aromatic heterocycles. The van der Waals surface area contributed by atoms with Crippen molar-refractivity contribution in [2.75, 3.05) is 12.9 Å². The van der Waals surface area contributed by atoms with Crippen molar-refractivity contribution >= 4 is 16.9 Å². The molecule has 0 aromatic rings. The lowest BCUT2D eigenvalue weighted by Crippen LogP contribution is -2.02. The first kappa shape index (κ1) is 8.78. The summed E-state index contributed by atoms with van der Waals surface area (Å²) in [6.07, 6.45) is 0.334. The fraction of sp³-hybridized carbons (Fsp3) is 0.800. The Labute approximate surface area is 57.1 Å². The lowest BCUT2D eigenvalue weighted by atomic mass is 10.4. The van der Waals surface area contributed by atoms with E-state index in [1.165, 1.54) is 14.0 Å². The highest BCUT2D eigenvalue weighted by molar-refractivity contribution is 7.80. The fourth-order valence-corrected chi connectivity index (χ4v) is 0.931. The smallest absolute Gasteiger partial charge is 0.155 e. The van der Waals surface area contributed by atoms with Gasteiger partial charge < -0.3 is 0 Å². The molecule has 0 spiro atoms. The molecular weight excluding hydrogens is 140 g/mol. The van der Waals surface area contributed by atoms with Gasteiger partial charge in [0.1, 0.15) is 5.78 Å². The lowest BCUT2D eigenvalue weighted by Gasteiger charge is -1.93. The molecule has 0 fully saturated rings. The number of Topliss-reactive ketones (excluding diaryl/α,β-unsaturated/α-hetero) is 1. The highest BCUT2D eigenvalue weighted by Gasteiger charge is 1.98. The quantitative estimate of drug-likeness (QED) is 0.578. The second-order valence-electron chi connectivity index (χ2n) is 1.63. The molecule has 54 valence electrons. The topological polar surface area (TPSA) is 43.4 Å². The molecule has 3 nitrogen and oxygen atoms in total. The van der Waals surface area contributed by atoms with Crippen LogP contribution in [0.25, 0.3) is 0 Å². The van der Waals surface area contributed by atoms with Gasteiger partial charge in [0.15, 0.2) is 11.1 Å². The molecule has 0 N–H and O–H groups in total. The second-order valence-corrected chi connectivity index (χ2v) is 2.98. The molecule has 0 aliphatic heterocycles.